The third-order valence-corrected chi connectivity index (χ3v) is 16.3. The Balaban J connectivity index is 1.49. The normalized spacial score (nSPS) is 24.2. The largest absolute Gasteiger partial charge is 0.466 e. The Bertz CT molecular complexity index is 1790. The van der Waals surface area contributed by atoms with Crippen LogP contribution in [0, 0.1) is 17.8 Å². The minimum absolute atomic E-state index is 0.0739. The molecule has 0 saturated heterocycles. The van der Waals surface area contributed by atoms with Crippen LogP contribution in [0.25, 0.3) is 0 Å². The van der Waals surface area contributed by atoms with Gasteiger partial charge in [0.2, 0.25) is 0 Å². The molecule has 0 heterocycles. The van der Waals surface area contributed by atoms with Crippen molar-refractivity contribution < 1.29 is 35.2 Å². The molecule has 282 valence electrons. The molecule has 0 amide bonds. The minimum Gasteiger partial charge on any atom is -0.454 e. The van der Waals surface area contributed by atoms with Gasteiger partial charge in [0.1, 0.15) is 11.4 Å². The predicted molar refractivity (Wildman–Crippen MR) is 200 cm³/mol. The Labute approximate surface area is 309 Å². The molecule has 4 fully saturated rings. The Kier molecular flexibility index (Phi) is 9.48. The summed E-state index contributed by atoms with van der Waals surface area (Å²) >= 11 is 0. The molecule has 4 saturated carbocycles. The molecule has 4 aliphatic rings. The van der Waals surface area contributed by atoms with Gasteiger partial charge in [-0.25, -0.2) is 8.42 Å². The van der Waals surface area contributed by atoms with Crippen molar-refractivity contribution in [3.05, 3.63) is 89.5 Å². The fraction of sp³-hybridized carbons (Fsp3) is 0.524. The number of hydrogen-bond donors (Lipinski definition) is 0. The first-order valence-corrected chi connectivity index (χ1v) is 21.1. The fourth-order valence-corrected chi connectivity index (χ4v) is 13.3. The van der Waals surface area contributed by atoms with Crippen LogP contribution in [0.5, 0.6) is 0 Å². The molecule has 3 aromatic carbocycles. The Morgan fingerprint density at radius 2 is 0.981 bits per heavy atom. The molecule has 0 aliphatic heterocycles. The number of esters is 1. The number of ether oxygens (including phenoxy) is 1. The second-order valence-electron chi connectivity index (χ2n) is 18.2. The van der Waals surface area contributed by atoms with E-state index in [4.69, 9.17) is 8.37 Å². The molecule has 2 atom stereocenters. The van der Waals surface area contributed by atoms with Crippen LogP contribution in [0.15, 0.2) is 87.5 Å². The molecule has 2 unspecified atom stereocenters. The third-order valence-electron chi connectivity index (χ3n) is 11.1. The van der Waals surface area contributed by atoms with Crippen LogP contribution in [-0.4, -0.2) is 31.0 Å². The number of carbonyl (C=O) groups excluding carboxylic acids is 2. The van der Waals surface area contributed by atoms with E-state index in [1.54, 1.807) is 36.4 Å². The molecule has 3 aromatic rings. The van der Waals surface area contributed by atoms with Gasteiger partial charge in [0.15, 0.2) is 0 Å². The quantitative estimate of drug-likeness (QED) is 0.213. The van der Waals surface area contributed by atoms with Crippen LogP contribution in [0.3, 0.4) is 0 Å². The Morgan fingerprint density at radius 1 is 0.635 bits per heavy atom. The molecular weight excluding hydrogens is 703 g/mol. The number of Topliss-reactive ketones (excluding diaryl/α,β-unsaturated/α-hetero) is 1. The first kappa shape index (κ1) is 38.6. The summed E-state index contributed by atoms with van der Waals surface area (Å²) in [4.78, 5) is 27.4. The number of halogens is 2. The maximum Gasteiger partial charge on any atom is 0.466 e. The number of benzene rings is 3. The summed E-state index contributed by atoms with van der Waals surface area (Å²) in [6.07, 6.45) is 1.91. The SMILES string of the molecule is CC(C)(C)c1ccc(S(OS(=O)(=O)C(F)(F)C(=O)OC23CC4CC(C2)C(=O)C(C4)C3)(c2ccc(C(C)(C)C)cc2)c2ccc(C(C)(C)C)cc2)cc1. The first-order valence-electron chi connectivity index (χ1n) is 18.1. The lowest BCUT2D eigenvalue weighted by molar-refractivity contribution is -0.201. The molecular formula is C42H52F2O6S2. The van der Waals surface area contributed by atoms with Crippen molar-refractivity contribution in [3.8, 4) is 0 Å². The summed E-state index contributed by atoms with van der Waals surface area (Å²) in [6, 6.07) is 21.6. The zero-order valence-corrected chi connectivity index (χ0v) is 33.4. The van der Waals surface area contributed by atoms with Gasteiger partial charge >= 0.3 is 21.3 Å². The van der Waals surface area contributed by atoms with E-state index in [0.29, 0.717) is 33.9 Å². The van der Waals surface area contributed by atoms with Gasteiger partial charge in [0.05, 0.1) is 0 Å². The fourth-order valence-electron chi connectivity index (χ4n) is 8.30. The molecule has 52 heavy (non-hydrogen) atoms. The molecule has 0 aromatic heterocycles. The van der Waals surface area contributed by atoms with Crippen molar-refractivity contribution in [1.29, 1.82) is 0 Å². The highest BCUT2D eigenvalue weighted by Crippen LogP contribution is 2.71. The van der Waals surface area contributed by atoms with E-state index < -0.39 is 37.3 Å². The average molecular weight is 755 g/mol. The number of alkyl halides is 2. The molecule has 10 heteroatoms. The minimum atomic E-state index is -6.01. The standard InChI is InChI=1S/C42H52F2O6S2/c1-38(2,3)30-10-16-33(17-11-30)51(34-18-12-31(13-19-34)39(4,5)6,35-20-14-32(15-21-35)40(7,8)9)50-52(47,48)42(43,44)37(46)49-41-24-27-22-28(25-41)36(45)29(23-27)26-41/h10-21,27-29H,22-26H2,1-9H3. The van der Waals surface area contributed by atoms with Crippen molar-refractivity contribution in [3.63, 3.8) is 0 Å². The maximum absolute atomic E-state index is 16.5. The Morgan fingerprint density at radius 3 is 1.31 bits per heavy atom. The third kappa shape index (κ3) is 6.88. The van der Waals surface area contributed by atoms with Gasteiger partial charge in [-0.1, -0.05) is 98.7 Å². The lowest BCUT2D eigenvalue weighted by atomic mass is 9.53. The van der Waals surface area contributed by atoms with Gasteiger partial charge in [-0.15, -0.1) is 0 Å². The molecule has 4 aliphatic carbocycles. The smallest absolute Gasteiger partial charge is 0.454 e. The summed E-state index contributed by atoms with van der Waals surface area (Å²) in [5.41, 5.74) is 0.851. The van der Waals surface area contributed by atoms with Gasteiger partial charge in [-0.2, -0.15) is 17.2 Å². The maximum atomic E-state index is 16.5. The van der Waals surface area contributed by atoms with E-state index in [2.05, 4.69) is 0 Å². The predicted octanol–water partition coefficient (Wildman–Crippen LogP) is 10.4. The first-order chi connectivity index (χ1) is 23.9. The highest BCUT2D eigenvalue weighted by atomic mass is 32.3. The number of carbonyl (C=O) groups is 2. The van der Waals surface area contributed by atoms with Crippen LogP contribution in [0.1, 0.15) is 111 Å². The highest BCUT2D eigenvalue weighted by molar-refractivity contribution is 8.33. The second-order valence-corrected chi connectivity index (χ2v) is 22.7. The average Bonchev–Trinajstić information content (AvgIpc) is 3.04. The topological polar surface area (TPSA) is 86.7 Å². The molecule has 4 bridgehead atoms. The number of rotatable bonds is 8. The lowest BCUT2D eigenvalue weighted by Crippen LogP contribution is -2.58. The lowest BCUT2D eigenvalue weighted by Gasteiger charge is -2.54. The Hall–Kier alpha value is -3.08. The summed E-state index contributed by atoms with van der Waals surface area (Å²) in [6.45, 7) is 18.4. The van der Waals surface area contributed by atoms with Crippen LogP contribution < -0.4 is 0 Å². The molecule has 6 nitrogen and oxygen atoms in total. The zero-order chi connectivity index (χ0) is 38.3. The van der Waals surface area contributed by atoms with E-state index in [1.807, 2.05) is 98.7 Å². The number of ketones is 1. The number of hydrogen-bond acceptors (Lipinski definition) is 6. The van der Waals surface area contributed by atoms with Crippen molar-refractivity contribution in [2.24, 2.45) is 17.8 Å². The summed E-state index contributed by atoms with van der Waals surface area (Å²) in [7, 11) is -9.48. The second kappa shape index (κ2) is 12.8. The highest BCUT2D eigenvalue weighted by Gasteiger charge is 2.63. The van der Waals surface area contributed by atoms with E-state index in [1.165, 1.54) is 0 Å². The van der Waals surface area contributed by atoms with Crippen molar-refractivity contribution in [2.45, 2.75) is 136 Å². The van der Waals surface area contributed by atoms with E-state index in [0.717, 1.165) is 16.7 Å². The van der Waals surface area contributed by atoms with E-state index in [-0.39, 0.29) is 52.6 Å². The molecule has 0 spiro atoms. The van der Waals surface area contributed by atoms with Crippen LogP contribution in [0.2, 0.25) is 0 Å². The summed E-state index contributed by atoms with van der Waals surface area (Å²) < 4.78 is 73.0. The van der Waals surface area contributed by atoms with Crippen LogP contribution >= 0.6 is 10.3 Å². The van der Waals surface area contributed by atoms with Crippen LogP contribution in [0.4, 0.5) is 8.78 Å². The van der Waals surface area contributed by atoms with Crippen molar-refractivity contribution in [2.75, 3.05) is 0 Å². The molecule has 7 rings (SSSR count). The van der Waals surface area contributed by atoms with Crippen molar-refractivity contribution >= 4 is 32.2 Å². The van der Waals surface area contributed by atoms with E-state index >= 15 is 8.78 Å². The van der Waals surface area contributed by atoms with E-state index in [9.17, 15) is 18.0 Å². The van der Waals surface area contributed by atoms with Gasteiger partial charge in [0.25, 0.3) is 0 Å². The van der Waals surface area contributed by atoms with Gasteiger partial charge in [0, 0.05) is 26.5 Å². The van der Waals surface area contributed by atoms with Gasteiger partial charge in [-0.3, -0.25) is 4.79 Å². The van der Waals surface area contributed by atoms with Crippen molar-refractivity contribution in [1.82, 2.24) is 0 Å². The van der Waals surface area contributed by atoms with Gasteiger partial charge < -0.3 is 4.74 Å². The zero-order valence-electron chi connectivity index (χ0n) is 31.7. The van der Waals surface area contributed by atoms with Gasteiger partial charge in [-0.05, 0) is 118 Å². The molecule has 0 radical (unpaired) electrons. The molecule has 0 N–H and O–H groups in total. The monoisotopic (exact) mass is 754 g/mol. The summed E-state index contributed by atoms with van der Waals surface area (Å²) in [5, 5.41) is -5.04. The van der Waals surface area contributed by atoms with Crippen LogP contribution in [-0.2, 0) is 44.3 Å². The summed E-state index contributed by atoms with van der Waals surface area (Å²) in [5.74, 6) is -2.72.